The number of alkyl carbamates (subject to hydrolysis) is 1. The van der Waals surface area contributed by atoms with Crippen molar-refractivity contribution in [2.24, 2.45) is 0 Å². The topological polar surface area (TPSA) is 124 Å². The van der Waals surface area contributed by atoms with Crippen LogP contribution in [0.5, 0.6) is 0 Å². The molecule has 11 nitrogen and oxygen atoms in total. The average Bonchev–Trinajstić information content (AvgIpc) is 3.05. The fourth-order valence-corrected chi connectivity index (χ4v) is 6.47. The number of fused-ring (bicyclic) bond motifs is 1. The molecule has 0 unspecified atom stereocenters. The largest absolute Gasteiger partial charge is 0.445 e. The van der Waals surface area contributed by atoms with E-state index in [-0.39, 0.29) is 36.8 Å². The van der Waals surface area contributed by atoms with Crippen molar-refractivity contribution >= 4 is 40.4 Å². The van der Waals surface area contributed by atoms with Gasteiger partial charge in [-0.1, -0.05) is 48.5 Å². The van der Waals surface area contributed by atoms with E-state index in [1.807, 2.05) is 53.6 Å². The van der Waals surface area contributed by atoms with E-state index >= 15 is 0 Å². The number of carbonyl (C=O) groups is 4. The third-order valence-corrected chi connectivity index (χ3v) is 8.93. The Hall–Kier alpha value is -4.51. The molecular weight excluding hydrogens is 560 g/mol. The summed E-state index contributed by atoms with van der Waals surface area (Å²) in [5, 5.41) is 7.29. The molecule has 0 aliphatic carbocycles. The zero-order valence-electron chi connectivity index (χ0n) is 24.7. The molecule has 2 N–H and O–H groups in total. The van der Waals surface area contributed by atoms with Gasteiger partial charge in [-0.05, 0) is 42.7 Å². The van der Waals surface area contributed by atoms with Crippen LogP contribution < -0.4 is 15.5 Å². The molecule has 5 amide bonds. The third-order valence-electron chi connectivity index (χ3n) is 8.93. The first-order chi connectivity index (χ1) is 21.4. The smallest absolute Gasteiger partial charge is 0.407 e. The standard InChI is InChI=1S/C33H38N6O5/c40-30-13-18-39(32(42)36-30)29-20-34-19-28-26(7-4-8-27(28)29)24-9-16-38(17-10-24)31(41)21-37-14-11-25(12-15-37)35-33(43)44-22-23-5-2-1-3-6-23/h1-8,19-20,24-25H,9-18,21-22H2,(H,35,43)(H,36,40,42). The van der Waals surface area contributed by atoms with E-state index in [4.69, 9.17) is 4.74 Å². The van der Waals surface area contributed by atoms with E-state index < -0.39 is 12.1 Å². The van der Waals surface area contributed by atoms with Gasteiger partial charge in [-0.2, -0.15) is 0 Å². The molecule has 230 valence electrons. The summed E-state index contributed by atoms with van der Waals surface area (Å²) in [5.41, 5.74) is 2.82. The lowest BCUT2D eigenvalue weighted by Gasteiger charge is -2.36. The second kappa shape index (κ2) is 13.4. The van der Waals surface area contributed by atoms with Crippen molar-refractivity contribution in [3.63, 3.8) is 0 Å². The molecule has 3 aliphatic rings. The van der Waals surface area contributed by atoms with E-state index in [0.717, 1.165) is 55.1 Å². The number of nitrogens with one attached hydrogen (secondary N) is 2. The summed E-state index contributed by atoms with van der Waals surface area (Å²) in [6.45, 7) is 3.84. The van der Waals surface area contributed by atoms with Crippen LogP contribution in [0.1, 0.15) is 49.1 Å². The first-order valence-corrected chi connectivity index (χ1v) is 15.4. The zero-order valence-corrected chi connectivity index (χ0v) is 24.7. The number of imide groups is 1. The Morgan fingerprint density at radius 3 is 2.41 bits per heavy atom. The fraction of sp³-hybridized carbons (Fsp3) is 0.424. The lowest BCUT2D eigenvalue weighted by atomic mass is 9.86. The van der Waals surface area contributed by atoms with Gasteiger partial charge in [0, 0.05) is 62.2 Å². The summed E-state index contributed by atoms with van der Waals surface area (Å²) >= 11 is 0. The SMILES string of the molecule is O=C1CCN(c2cncc3c(C4CCN(C(=O)CN5CCC(NC(=O)OCc6ccccc6)CC5)CC4)cccc23)C(=O)N1. The third kappa shape index (κ3) is 6.83. The van der Waals surface area contributed by atoms with Crippen molar-refractivity contribution in [1.82, 2.24) is 25.4 Å². The molecule has 2 aromatic carbocycles. The molecular formula is C33H38N6O5. The highest BCUT2D eigenvalue weighted by Crippen LogP contribution is 2.36. The van der Waals surface area contributed by atoms with Crippen LogP contribution in [0.3, 0.4) is 0 Å². The Balaban J connectivity index is 0.977. The number of hydrogen-bond donors (Lipinski definition) is 2. The molecule has 3 fully saturated rings. The minimum Gasteiger partial charge on any atom is -0.445 e. The fourth-order valence-electron chi connectivity index (χ4n) is 6.47. The number of rotatable bonds is 7. The molecule has 3 saturated heterocycles. The number of anilines is 1. The molecule has 11 heteroatoms. The van der Waals surface area contributed by atoms with Crippen LogP contribution in [0.25, 0.3) is 10.8 Å². The van der Waals surface area contributed by atoms with Crippen LogP contribution in [0.15, 0.2) is 60.9 Å². The van der Waals surface area contributed by atoms with Gasteiger partial charge in [-0.3, -0.25) is 29.7 Å². The number of piperidine rings is 2. The number of hydrogen-bond acceptors (Lipinski definition) is 7. The summed E-state index contributed by atoms with van der Waals surface area (Å²) in [6, 6.07) is 15.3. The maximum atomic E-state index is 13.2. The molecule has 0 saturated carbocycles. The van der Waals surface area contributed by atoms with Gasteiger partial charge < -0.3 is 15.0 Å². The molecule has 0 atom stereocenters. The van der Waals surface area contributed by atoms with E-state index in [1.54, 1.807) is 11.1 Å². The molecule has 0 bridgehead atoms. The van der Waals surface area contributed by atoms with Gasteiger partial charge in [0.05, 0.1) is 18.4 Å². The molecule has 4 heterocycles. The first kappa shape index (κ1) is 29.6. The molecule has 44 heavy (non-hydrogen) atoms. The highest BCUT2D eigenvalue weighted by molar-refractivity contribution is 6.10. The van der Waals surface area contributed by atoms with Gasteiger partial charge in [0.2, 0.25) is 11.8 Å². The second-order valence-corrected chi connectivity index (χ2v) is 11.8. The minimum atomic E-state index is -0.422. The van der Waals surface area contributed by atoms with E-state index in [1.165, 1.54) is 5.56 Å². The average molecular weight is 599 g/mol. The number of ether oxygens (including phenoxy) is 1. The predicted molar refractivity (Wildman–Crippen MR) is 165 cm³/mol. The lowest BCUT2D eigenvalue weighted by molar-refractivity contribution is -0.133. The van der Waals surface area contributed by atoms with Gasteiger partial charge in [-0.25, -0.2) is 9.59 Å². The monoisotopic (exact) mass is 598 g/mol. The van der Waals surface area contributed by atoms with E-state index in [9.17, 15) is 19.2 Å². The number of aromatic nitrogens is 1. The van der Waals surface area contributed by atoms with Gasteiger partial charge in [0.1, 0.15) is 6.61 Å². The van der Waals surface area contributed by atoms with Gasteiger partial charge >= 0.3 is 12.1 Å². The van der Waals surface area contributed by atoms with Crippen molar-refractivity contribution in [1.29, 1.82) is 0 Å². The van der Waals surface area contributed by atoms with Gasteiger partial charge in [0.25, 0.3) is 0 Å². The Bertz CT molecular complexity index is 1520. The number of pyridine rings is 1. The van der Waals surface area contributed by atoms with Crippen molar-refractivity contribution in [2.45, 2.75) is 50.7 Å². The summed E-state index contributed by atoms with van der Waals surface area (Å²) in [4.78, 5) is 59.7. The summed E-state index contributed by atoms with van der Waals surface area (Å²) in [6.07, 6.45) is 6.64. The van der Waals surface area contributed by atoms with Crippen molar-refractivity contribution in [3.05, 3.63) is 72.1 Å². The summed E-state index contributed by atoms with van der Waals surface area (Å²) < 4.78 is 5.35. The maximum absolute atomic E-state index is 13.2. The number of carbonyl (C=O) groups excluding carboxylic acids is 4. The quantitative estimate of drug-likeness (QED) is 0.424. The minimum absolute atomic E-state index is 0.0443. The highest BCUT2D eigenvalue weighted by atomic mass is 16.5. The number of benzene rings is 2. The predicted octanol–water partition coefficient (Wildman–Crippen LogP) is 3.78. The van der Waals surface area contributed by atoms with Crippen LogP contribution in [-0.2, 0) is 20.9 Å². The number of likely N-dealkylation sites (tertiary alicyclic amines) is 2. The van der Waals surface area contributed by atoms with Crippen LogP contribution >= 0.6 is 0 Å². The normalized spacial score (nSPS) is 18.7. The summed E-state index contributed by atoms with van der Waals surface area (Å²) in [7, 11) is 0. The zero-order chi connectivity index (χ0) is 30.5. The van der Waals surface area contributed by atoms with Crippen molar-refractivity contribution < 1.29 is 23.9 Å². The lowest BCUT2D eigenvalue weighted by Crippen LogP contribution is -2.49. The molecule has 6 rings (SSSR count). The Morgan fingerprint density at radius 1 is 0.886 bits per heavy atom. The molecule has 3 aliphatic heterocycles. The second-order valence-electron chi connectivity index (χ2n) is 11.8. The Kier molecular flexibility index (Phi) is 9.02. The highest BCUT2D eigenvalue weighted by Gasteiger charge is 2.30. The molecule has 3 aromatic rings. The molecule has 0 radical (unpaired) electrons. The van der Waals surface area contributed by atoms with Crippen LogP contribution in [-0.4, -0.2) is 84.0 Å². The van der Waals surface area contributed by atoms with Crippen LogP contribution in [0.4, 0.5) is 15.3 Å². The van der Waals surface area contributed by atoms with Gasteiger partial charge in [0.15, 0.2) is 0 Å². The Morgan fingerprint density at radius 2 is 1.66 bits per heavy atom. The Labute approximate surface area is 256 Å². The molecule has 0 spiro atoms. The maximum Gasteiger partial charge on any atom is 0.407 e. The first-order valence-electron chi connectivity index (χ1n) is 15.4. The van der Waals surface area contributed by atoms with E-state index in [2.05, 4.69) is 26.6 Å². The molecule has 1 aromatic heterocycles. The number of nitrogens with zero attached hydrogens (tertiary/aromatic N) is 4. The van der Waals surface area contributed by atoms with Gasteiger partial charge in [-0.15, -0.1) is 0 Å². The van der Waals surface area contributed by atoms with Crippen molar-refractivity contribution in [2.75, 3.05) is 44.2 Å². The van der Waals surface area contributed by atoms with Crippen LogP contribution in [0.2, 0.25) is 0 Å². The number of urea groups is 1. The van der Waals surface area contributed by atoms with Crippen LogP contribution in [0, 0.1) is 0 Å². The van der Waals surface area contributed by atoms with Crippen molar-refractivity contribution in [3.8, 4) is 0 Å². The number of amides is 5. The summed E-state index contributed by atoms with van der Waals surface area (Å²) in [5.74, 6) is 0.157. The van der Waals surface area contributed by atoms with E-state index in [0.29, 0.717) is 31.9 Å².